The molecule has 3 aliphatic heterocycles. The van der Waals surface area contributed by atoms with Crippen LogP contribution in [0.2, 0.25) is 0 Å². The quantitative estimate of drug-likeness (QED) is 0.533. The average Bonchev–Trinajstić information content (AvgIpc) is 3.17. The van der Waals surface area contributed by atoms with Crippen LogP contribution in [-0.4, -0.2) is 47.7 Å². The van der Waals surface area contributed by atoms with Crippen LogP contribution < -0.4 is 0 Å². The largest absolute Gasteiger partial charge is 0.386 e. The van der Waals surface area contributed by atoms with Gasteiger partial charge in [0, 0.05) is 11.5 Å². The summed E-state index contributed by atoms with van der Waals surface area (Å²) in [5.41, 5.74) is 0.626. The van der Waals surface area contributed by atoms with Crippen molar-refractivity contribution in [3.63, 3.8) is 0 Å². The number of aldehydes is 1. The lowest BCUT2D eigenvalue weighted by Gasteiger charge is -2.53. The predicted molar refractivity (Wildman–Crippen MR) is 63.3 cm³/mol. The fourth-order valence-electron chi connectivity index (χ4n) is 3.99. The summed E-state index contributed by atoms with van der Waals surface area (Å²) in [6.45, 7) is 3.76. The van der Waals surface area contributed by atoms with E-state index in [-0.39, 0.29) is 17.8 Å². The molecule has 2 aliphatic carbocycles. The van der Waals surface area contributed by atoms with Crippen LogP contribution in [0.5, 0.6) is 0 Å². The second-order valence-corrected chi connectivity index (χ2v) is 6.35. The highest BCUT2D eigenvalue weighted by atomic mass is 16.6. The van der Waals surface area contributed by atoms with Crippen molar-refractivity contribution in [2.75, 3.05) is 0 Å². The first-order chi connectivity index (χ1) is 8.98. The summed E-state index contributed by atoms with van der Waals surface area (Å²) in [6, 6.07) is 0. The van der Waals surface area contributed by atoms with Crippen LogP contribution in [0.1, 0.15) is 20.3 Å². The van der Waals surface area contributed by atoms with Crippen molar-refractivity contribution in [3.8, 4) is 0 Å². The molecule has 102 valence electrons. The Morgan fingerprint density at radius 1 is 1.42 bits per heavy atom. The maximum Gasteiger partial charge on any atom is 0.190 e. The van der Waals surface area contributed by atoms with Crippen LogP contribution in [0.3, 0.4) is 0 Å². The maximum absolute atomic E-state index is 12.3. The lowest BCUT2D eigenvalue weighted by Crippen LogP contribution is -2.58. The molecule has 0 spiro atoms. The Hall–Kier alpha value is -1.04. The van der Waals surface area contributed by atoms with Crippen LogP contribution in [0.15, 0.2) is 11.1 Å². The van der Waals surface area contributed by atoms with E-state index in [1.54, 1.807) is 0 Å². The smallest absolute Gasteiger partial charge is 0.190 e. The van der Waals surface area contributed by atoms with E-state index in [9.17, 15) is 14.7 Å². The molecule has 0 aromatic carbocycles. The van der Waals surface area contributed by atoms with Crippen LogP contribution in [0.25, 0.3) is 0 Å². The van der Waals surface area contributed by atoms with E-state index in [2.05, 4.69) is 0 Å². The molecule has 2 fully saturated rings. The molecule has 5 rings (SSSR count). The summed E-state index contributed by atoms with van der Waals surface area (Å²) in [4.78, 5) is 23.8. The second-order valence-electron chi connectivity index (χ2n) is 6.35. The minimum absolute atomic E-state index is 0.0107. The fourth-order valence-corrected chi connectivity index (χ4v) is 3.99. The maximum atomic E-state index is 12.3. The number of carbonyl (C=O) groups is 2. The number of ether oxygens (including phenoxy) is 2. The molecule has 0 saturated carbocycles. The van der Waals surface area contributed by atoms with Gasteiger partial charge in [0.15, 0.2) is 5.78 Å². The summed E-state index contributed by atoms with van der Waals surface area (Å²) in [5, 5.41) is 10.3. The van der Waals surface area contributed by atoms with Gasteiger partial charge in [-0.1, -0.05) is 6.92 Å². The van der Waals surface area contributed by atoms with Crippen molar-refractivity contribution in [2.45, 2.75) is 50.8 Å². The Morgan fingerprint density at radius 3 is 2.84 bits per heavy atom. The van der Waals surface area contributed by atoms with Gasteiger partial charge >= 0.3 is 0 Å². The van der Waals surface area contributed by atoms with Gasteiger partial charge in [0.1, 0.15) is 24.6 Å². The van der Waals surface area contributed by atoms with Crippen molar-refractivity contribution in [3.05, 3.63) is 11.1 Å². The summed E-state index contributed by atoms with van der Waals surface area (Å²) >= 11 is 0. The molecule has 0 unspecified atom stereocenters. The first kappa shape index (κ1) is 11.8. The van der Waals surface area contributed by atoms with Crippen molar-refractivity contribution < 1.29 is 24.2 Å². The van der Waals surface area contributed by atoms with E-state index in [4.69, 9.17) is 9.47 Å². The molecule has 1 N–H and O–H groups in total. The zero-order valence-corrected chi connectivity index (χ0v) is 10.8. The lowest BCUT2D eigenvalue weighted by atomic mass is 9.59. The Bertz CT molecular complexity index is 524. The fraction of sp³-hybridized carbons (Fsp3) is 0.714. The molecular formula is C14H16O5. The highest BCUT2D eigenvalue weighted by Gasteiger charge is 2.64. The van der Waals surface area contributed by atoms with Crippen LogP contribution in [-0.2, 0) is 19.1 Å². The molecule has 0 amide bonds. The van der Waals surface area contributed by atoms with Crippen LogP contribution >= 0.6 is 0 Å². The number of rotatable bonds is 1. The lowest BCUT2D eigenvalue weighted by molar-refractivity contribution is -0.158. The number of ketones is 1. The minimum atomic E-state index is -0.808. The van der Waals surface area contributed by atoms with E-state index >= 15 is 0 Å². The SMILES string of the molecule is C[C@H]1O[C@H]2C3=C(C(=O)[C@@H]4O[C@@H]4[C@H]3O)[C@@H]1C[C@]2(C)C=O. The van der Waals surface area contributed by atoms with Crippen molar-refractivity contribution in [2.24, 2.45) is 11.3 Å². The van der Waals surface area contributed by atoms with Gasteiger partial charge < -0.3 is 19.4 Å². The van der Waals surface area contributed by atoms with E-state index in [1.165, 1.54) is 0 Å². The average molecular weight is 264 g/mol. The van der Waals surface area contributed by atoms with Gasteiger partial charge in [-0.05, 0) is 18.9 Å². The zero-order valence-electron chi connectivity index (χ0n) is 10.8. The molecule has 2 bridgehead atoms. The van der Waals surface area contributed by atoms with Gasteiger partial charge in [0.25, 0.3) is 0 Å². The summed E-state index contributed by atoms with van der Waals surface area (Å²) < 4.78 is 11.2. The Morgan fingerprint density at radius 2 is 2.16 bits per heavy atom. The molecule has 0 radical (unpaired) electrons. The standard InChI is InChI=1S/C14H16O5/c1-5-6-3-14(2,4-15)13(18-5)8-7(6)9(16)11-12(19-11)10(8)17/h4-6,10-13,17H,3H2,1-2H3/t5-,6-,10+,11+,12-,13+,14-/m1/s1. The Balaban J connectivity index is 1.90. The number of aliphatic hydroxyl groups is 1. The molecule has 3 heterocycles. The zero-order chi connectivity index (χ0) is 13.5. The number of epoxide rings is 1. The number of hydrogen-bond donors (Lipinski definition) is 1. The van der Waals surface area contributed by atoms with Gasteiger partial charge in [0.05, 0.1) is 17.6 Å². The van der Waals surface area contributed by atoms with E-state index in [0.29, 0.717) is 17.6 Å². The monoisotopic (exact) mass is 264 g/mol. The molecule has 5 heteroatoms. The van der Waals surface area contributed by atoms with Crippen LogP contribution in [0.4, 0.5) is 0 Å². The molecule has 7 atom stereocenters. The molecule has 5 nitrogen and oxygen atoms in total. The molecule has 19 heavy (non-hydrogen) atoms. The third-order valence-electron chi connectivity index (χ3n) is 5.09. The second kappa shape index (κ2) is 3.34. The molecule has 5 aliphatic rings. The first-order valence-corrected chi connectivity index (χ1v) is 6.71. The first-order valence-electron chi connectivity index (χ1n) is 6.71. The summed E-state index contributed by atoms with van der Waals surface area (Å²) in [7, 11) is 0. The van der Waals surface area contributed by atoms with E-state index < -0.39 is 29.8 Å². The van der Waals surface area contributed by atoms with Gasteiger partial charge in [-0.15, -0.1) is 0 Å². The van der Waals surface area contributed by atoms with Gasteiger partial charge in [-0.2, -0.15) is 0 Å². The predicted octanol–water partition coefficient (Wildman–Crippen LogP) is 0.00640. The van der Waals surface area contributed by atoms with Gasteiger partial charge in [-0.3, -0.25) is 4.79 Å². The van der Waals surface area contributed by atoms with Crippen LogP contribution in [0, 0.1) is 11.3 Å². The Kier molecular flexibility index (Phi) is 2.07. The molecule has 2 saturated heterocycles. The normalized spacial score (nSPS) is 54.8. The molecular weight excluding hydrogens is 248 g/mol. The topological polar surface area (TPSA) is 76.1 Å². The van der Waals surface area contributed by atoms with E-state index in [1.807, 2.05) is 13.8 Å². The molecule has 0 aromatic heterocycles. The number of Topliss-reactive ketones (excluding diaryl/α,β-unsaturated/α-hetero) is 1. The van der Waals surface area contributed by atoms with E-state index in [0.717, 1.165) is 6.29 Å². The Labute approximate surface area is 110 Å². The highest BCUT2D eigenvalue weighted by Crippen LogP contribution is 2.55. The highest BCUT2D eigenvalue weighted by molar-refractivity contribution is 6.04. The third-order valence-corrected chi connectivity index (χ3v) is 5.09. The van der Waals surface area contributed by atoms with Crippen molar-refractivity contribution in [1.82, 2.24) is 0 Å². The number of carbonyl (C=O) groups excluding carboxylic acids is 2. The molecule has 0 aromatic rings. The van der Waals surface area contributed by atoms with Crippen molar-refractivity contribution in [1.29, 1.82) is 0 Å². The van der Waals surface area contributed by atoms with Crippen molar-refractivity contribution >= 4 is 12.1 Å². The van der Waals surface area contributed by atoms with Gasteiger partial charge in [0.2, 0.25) is 0 Å². The van der Waals surface area contributed by atoms with Gasteiger partial charge in [-0.25, -0.2) is 0 Å². The summed E-state index contributed by atoms with van der Waals surface area (Å²) in [5.74, 6) is -0.120. The number of hydrogen-bond acceptors (Lipinski definition) is 5. The number of fused-ring (bicyclic) bond motifs is 3. The minimum Gasteiger partial charge on any atom is -0.386 e. The summed E-state index contributed by atoms with van der Waals surface area (Å²) in [6.07, 6.45) is -0.790. The number of aliphatic hydroxyl groups excluding tert-OH is 1. The third kappa shape index (κ3) is 1.26.